The number of amides is 1. The monoisotopic (exact) mass is 263 g/mol. The third kappa shape index (κ3) is 4.99. The molecule has 1 amide bonds. The minimum absolute atomic E-state index is 0.206. The maximum absolute atomic E-state index is 11.6. The Morgan fingerprint density at radius 3 is 2.33 bits per heavy atom. The smallest absolute Gasteiger partial charge is 0.334 e. The molecule has 4 N–H and O–H groups in total. The maximum atomic E-state index is 11.6. The van der Waals surface area contributed by atoms with E-state index in [1.165, 1.54) is 13.8 Å². The fourth-order valence-electron chi connectivity index (χ4n) is 1.15. The average molecular weight is 263 g/mol. The van der Waals surface area contributed by atoms with Crippen LogP contribution in [-0.2, 0) is 14.3 Å². The number of carboxylic acid groups (broad SMARTS) is 1. The molecule has 0 saturated carbocycles. The second-order valence-corrected chi connectivity index (χ2v) is 4.58. The van der Waals surface area contributed by atoms with E-state index in [0.29, 0.717) is 0 Å². The fraction of sp³-hybridized carbons (Fsp3) is 0.818. The summed E-state index contributed by atoms with van der Waals surface area (Å²) >= 11 is 0. The molecule has 2 atom stereocenters. The summed E-state index contributed by atoms with van der Waals surface area (Å²) < 4.78 is 4.90. The van der Waals surface area contributed by atoms with Crippen molar-refractivity contribution in [1.29, 1.82) is 0 Å². The fourth-order valence-corrected chi connectivity index (χ4v) is 1.15. The molecule has 0 aliphatic heterocycles. The zero-order chi connectivity index (χ0) is 14.3. The molecule has 0 bridgehead atoms. The molecular formula is C11H21NO6. The molecule has 0 aromatic heterocycles. The Balaban J connectivity index is 4.36. The molecule has 0 aliphatic carbocycles. The number of ether oxygens (including phenoxy) is 1. The summed E-state index contributed by atoms with van der Waals surface area (Å²) in [7, 11) is 0. The summed E-state index contributed by atoms with van der Waals surface area (Å²) in [5, 5.41) is 29.7. The molecular weight excluding hydrogens is 242 g/mol. The van der Waals surface area contributed by atoms with E-state index >= 15 is 0 Å². The van der Waals surface area contributed by atoms with E-state index < -0.39 is 29.5 Å². The Labute approximate surface area is 106 Å². The highest BCUT2D eigenvalue weighted by molar-refractivity contribution is 5.82. The number of carbonyl (C=O) groups is 2. The average Bonchev–Trinajstić information content (AvgIpc) is 2.32. The molecule has 0 rings (SSSR count). The molecule has 18 heavy (non-hydrogen) atoms. The van der Waals surface area contributed by atoms with E-state index in [4.69, 9.17) is 14.9 Å². The second-order valence-electron chi connectivity index (χ2n) is 4.58. The SMILES string of the molecule is CCOC(CNC(=O)[C@H](O)C(C)(C)CO)C(=O)O. The van der Waals surface area contributed by atoms with Crippen LogP contribution in [0, 0.1) is 5.41 Å². The molecule has 0 aromatic rings. The number of hydrogen-bond acceptors (Lipinski definition) is 5. The highest BCUT2D eigenvalue weighted by Crippen LogP contribution is 2.19. The summed E-state index contributed by atoms with van der Waals surface area (Å²) in [6.07, 6.45) is -2.57. The number of rotatable bonds is 8. The third-order valence-corrected chi connectivity index (χ3v) is 2.50. The van der Waals surface area contributed by atoms with Crippen LogP contribution in [0.4, 0.5) is 0 Å². The van der Waals surface area contributed by atoms with Gasteiger partial charge in [0.2, 0.25) is 5.91 Å². The molecule has 0 spiro atoms. The maximum Gasteiger partial charge on any atom is 0.334 e. The topological polar surface area (TPSA) is 116 Å². The molecule has 0 radical (unpaired) electrons. The molecule has 7 nitrogen and oxygen atoms in total. The van der Waals surface area contributed by atoms with Gasteiger partial charge in [-0.3, -0.25) is 4.79 Å². The van der Waals surface area contributed by atoms with Gasteiger partial charge >= 0.3 is 5.97 Å². The van der Waals surface area contributed by atoms with E-state index in [-0.39, 0.29) is 19.8 Å². The van der Waals surface area contributed by atoms with E-state index in [2.05, 4.69) is 5.32 Å². The standard InChI is InChI=1S/C11H21NO6/c1-4-18-7(10(16)17)5-12-9(15)8(14)11(2,3)6-13/h7-8,13-14H,4-6H2,1-3H3,(H,12,15)(H,16,17)/t7?,8-/m0/s1. The van der Waals surface area contributed by atoms with Gasteiger partial charge < -0.3 is 25.4 Å². The molecule has 106 valence electrons. The van der Waals surface area contributed by atoms with Gasteiger partial charge in [-0.1, -0.05) is 13.8 Å². The van der Waals surface area contributed by atoms with Gasteiger partial charge in [0.25, 0.3) is 0 Å². The van der Waals surface area contributed by atoms with Crippen molar-refractivity contribution >= 4 is 11.9 Å². The Bertz CT molecular complexity index is 291. The van der Waals surface area contributed by atoms with E-state index in [9.17, 15) is 14.7 Å². The Kier molecular flexibility index (Phi) is 6.82. The first-order valence-corrected chi connectivity index (χ1v) is 5.67. The van der Waals surface area contributed by atoms with Gasteiger partial charge in [0, 0.05) is 12.0 Å². The van der Waals surface area contributed by atoms with Crippen molar-refractivity contribution in [3.05, 3.63) is 0 Å². The van der Waals surface area contributed by atoms with Crippen molar-refractivity contribution in [3.8, 4) is 0 Å². The zero-order valence-corrected chi connectivity index (χ0v) is 10.8. The predicted molar refractivity (Wildman–Crippen MR) is 62.9 cm³/mol. The zero-order valence-electron chi connectivity index (χ0n) is 10.8. The van der Waals surface area contributed by atoms with Crippen LogP contribution in [0.15, 0.2) is 0 Å². The summed E-state index contributed by atoms with van der Waals surface area (Å²) in [6, 6.07) is 0. The summed E-state index contributed by atoms with van der Waals surface area (Å²) in [6.45, 7) is 4.29. The van der Waals surface area contributed by atoms with Gasteiger partial charge in [0.1, 0.15) is 6.10 Å². The number of hydrogen-bond donors (Lipinski definition) is 4. The van der Waals surface area contributed by atoms with E-state index in [1.807, 2.05) is 0 Å². The molecule has 1 unspecified atom stereocenters. The lowest BCUT2D eigenvalue weighted by Gasteiger charge is -2.27. The van der Waals surface area contributed by atoms with Crippen molar-refractivity contribution in [1.82, 2.24) is 5.32 Å². The van der Waals surface area contributed by atoms with Crippen LogP contribution in [0.5, 0.6) is 0 Å². The summed E-state index contributed by atoms with van der Waals surface area (Å²) in [5.41, 5.74) is -0.992. The number of carbonyl (C=O) groups excluding carboxylic acids is 1. The summed E-state index contributed by atoms with van der Waals surface area (Å²) in [5.74, 6) is -1.92. The largest absolute Gasteiger partial charge is 0.479 e. The van der Waals surface area contributed by atoms with Crippen LogP contribution in [0.1, 0.15) is 20.8 Å². The minimum Gasteiger partial charge on any atom is -0.479 e. The van der Waals surface area contributed by atoms with Crippen molar-refractivity contribution < 1.29 is 29.6 Å². The Hall–Kier alpha value is -1.18. The quantitative estimate of drug-likeness (QED) is 0.445. The van der Waals surface area contributed by atoms with Crippen LogP contribution < -0.4 is 5.32 Å². The molecule has 0 aromatic carbocycles. The van der Waals surface area contributed by atoms with E-state index in [0.717, 1.165) is 0 Å². The Morgan fingerprint density at radius 1 is 1.39 bits per heavy atom. The van der Waals surface area contributed by atoms with Crippen LogP contribution in [-0.4, -0.2) is 59.2 Å². The highest BCUT2D eigenvalue weighted by Gasteiger charge is 2.33. The van der Waals surface area contributed by atoms with Crippen LogP contribution >= 0.6 is 0 Å². The van der Waals surface area contributed by atoms with Gasteiger partial charge in [-0.05, 0) is 6.92 Å². The molecule has 7 heteroatoms. The van der Waals surface area contributed by atoms with Gasteiger partial charge in [-0.2, -0.15) is 0 Å². The second kappa shape index (κ2) is 7.30. The number of carboxylic acids is 1. The van der Waals surface area contributed by atoms with Crippen molar-refractivity contribution in [2.24, 2.45) is 5.41 Å². The van der Waals surface area contributed by atoms with Crippen LogP contribution in [0.3, 0.4) is 0 Å². The minimum atomic E-state index is -1.42. The lowest BCUT2D eigenvalue weighted by atomic mass is 9.87. The Morgan fingerprint density at radius 2 is 1.94 bits per heavy atom. The lowest BCUT2D eigenvalue weighted by molar-refractivity contribution is -0.150. The normalized spacial score (nSPS) is 14.9. The van der Waals surface area contributed by atoms with Gasteiger partial charge in [0.05, 0.1) is 13.2 Å². The van der Waals surface area contributed by atoms with Gasteiger partial charge in [-0.25, -0.2) is 4.79 Å². The first-order valence-electron chi connectivity index (χ1n) is 5.67. The third-order valence-electron chi connectivity index (χ3n) is 2.50. The number of nitrogens with one attached hydrogen (secondary N) is 1. The lowest BCUT2D eigenvalue weighted by Crippen LogP contribution is -2.48. The number of aliphatic hydroxyl groups is 2. The summed E-state index contributed by atoms with van der Waals surface area (Å²) in [4.78, 5) is 22.3. The van der Waals surface area contributed by atoms with Gasteiger partial charge in [0.15, 0.2) is 6.10 Å². The first-order chi connectivity index (χ1) is 8.26. The molecule has 0 fully saturated rings. The van der Waals surface area contributed by atoms with Crippen LogP contribution in [0.25, 0.3) is 0 Å². The number of aliphatic hydroxyl groups excluding tert-OH is 2. The van der Waals surface area contributed by atoms with Crippen molar-refractivity contribution in [3.63, 3.8) is 0 Å². The molecule has 0 saturated heterocycles. The predicted octanol–water partition coefficient (Wildman–Crippen LogP) is -1.03. The first kappa shape index (κ1) is 16.8. The van der Waals surface area contributed by atoms with Crippen molar-refractivity contribution in [2.75, 3.05) is 19.8 Å². The molecule has 0 aliphatic rings. The van der Waals surface area contributed by atoms with Crippen LogP contribution in [0.2, 0.25) is 0 Å². The van der Waals surface area contributed by atoms with E-state index in [1.54, 1.807) is 6.92 Å². The number of aliphatic carboxylic acids is 1. The van der Waals surface area contributed by atoms with Gasteiger partial charge in [-0.15, -0.1) is 0 Å². The molecule has 0 heterocycles. The van der Waals surface area contributed by atoms with Crippen molar-refractivity contribution in [2.45, 2.75) is 33.0 Å². The highest BCUT2D eigenvalue weighted by atomic mass is 16.5.